The topological polar surface area (TPSA) is 60.2 Å². The molecule has 1 heterocycles. The summed E-state index contributed by atoms with van der Waals surface area (Å²) in [5.74, 6) is 6.05. The first-order chi connectivity index (χ1) is 9.97. The molecule has 0 bridgehead atoms. The van der Waals surface area contributed by atoms with E-state index in [0.29, 0.717) is 11.3 Å². The summed E-state index contributed by atoms with van der Waals surface area (Å²) >= 11 is 0. The maximum absolute atomic E-state index is 13.1. The first-order valence-electron chi connectivity index (χ1n) is 6.08. The Morgan fingerprint density at radius 1 is 1.19 bits per heavy atom. The molecule has 0 saturated heterocycles. The molecule has 1 atom stereocenters. The third-order valence-electron chi connectivity index (χ3n) is 3.08. The summed E-state index contributed by atoms with van der Waals surface area (Å²) in [4.78, 5) is 3.77. The number of nitrogens with one attached hydrogen (secondary N) is 1. The van der Waals surface area contributed by atoms with Gasteiger partial charge in [-0.25, -0.2) is 5.43 Å². The van der Waals surface area contributed by atoms with E-state index in [1.165, 1.54) is 7.11 Å². The minimum absolute atomic E-state index is 0.0299. The Hall–Kier alpha value is -2.12. The van der Waals surface area contributed by atoms with Crippen LogP contribution in [0.2, 0.25) is 0 Å². The fraction of sp³-hybridized carbons (Fsp3) is 0.214. The van der Waals surface area contributed by atoms with Gasteiger partial charge in [0.05, 0.1) is 18.7 Å². The van der Waals surface area contributed by atoms with Crippen LogP contribution < -0.4 is 16.0 Å². The minimum atomic E-state index is -4.47. The maximum atomic E-state index is 13.1. The molecule has 1 aromatic carbocycles. The first kappa shape index (κ1) is 15.3. The molecule has 0 aliphatic carbocycles. The van der Waals surface area contributed by atoms with Gasteiger partial charge in [0.15, 0.2) is 0 Å². The number of hydrogen-bond acceptors (Lipinski definition) is 4. The Bertz CT molecular complexity index is 599. The lowest BCUT2D eigenvalue weighted by molar-refractivity contribution is -0.138. The second kappa shape index (κ2) is 6.11. The zero-order valence-corrected chi connectivity index (χ0v) is 11.2. The number of pyridine rings is 1. The summed E-state index contributed by atoms with van der Waals surface area (Å²) in [6.07, 6.45) is -2.20. The van der Waals surface area contributed by atoms with Crippen LogP contribution in [0.4, 0.5) is 13.2 Å². The lowest BCUT2D eigenvalue weighted by atomic mass is 9.96. The molecule has 21 heavy (non-hydrogen) atoms. The molecule has 0 fully saturated rings. The molecule has 0 saturated carbocycles. The molecule has 1 aromatic heterocycles. The second-order valence-electron chi connectivity index (χ2n) is 4.33. The van der Waals surface area contributed by atoms with Crippen molar-refractivity contribution < 1.29 is 17.9 Å². The van der Waals surface area contributed by atoms with E-state index in [0.717, 1.165) is 18.5 Å². The van der Waals surface area contributed by atoms with Gasteiger partial charge < -0.3 is 4.74 Å². The van der Waals surface area contributed by atoms with Crippen LogP contribution in [0.1, 0.15) is 22.7 Å². The van der Waals surface area contributed by atoms with Crippen LogP contribution in [-0.2, 0) is 6.18 Å². The zero-order valence-electron chi connectivity index (χ0n) is 11.2. The largest absolute Gasteiger partial charge is 0.497 e. The summed E-state index contributed by atoms with van der Waals surface area (Å²) in [5.41, 5.74) is 2.19. The van der Waals surface area contributed by atoms with Crippen LogP contribution in [0, 0.1) is 0 Å². The van der Waals surface area contributed by atoms with E-state index in [1.54, 1.807) is 24.3 Å². The Kier molecular flexibility index (Phi) is 4.44. The quantitative estimate of drug-likeness (QED) is 0.673. The molecule has 2 aromatic rings. The number of aromatic nitrogens is 1. The summed E-state index contributed by atoms with van der Waals surface area (Å²) in [5, 5.41) is 0. The number of ether oxygens (including phenoxy) is 1. The van der Waals surface area contributed by atoms with E-state index in [-0.39, 0.29) is 5.56 Å². The van der Waals surface area contributed by atoms with Crippen LogP contribution in [0.25, 0.3) is 0 Å². The second-order valence-corrected chi connectivity index (χ2v) is 4.33. The van der Waals surface area contributed by atoms with Gasteiger partial charge in [0.1, 0.15) is 5.75 Å². The first-order valence-corrected chi connectivity index (χ1v) is 6.08. The highest BCUT2D eigenvalue weighted by Gasteiger charge is 2.35. The van der Waals surface area contributed by atoms with Gasteiger partial charge in [-0.2, -0.15) is 13.2 Å². The monoisotopic (exact) mass is 297 g/mol. The average molecular weight is 297 g/mol. The molecule has 7 heteroatoms. The van der Waals surface area contributed by atoms with Crippen molar-refractivity contribution in [3.63, 3.8) is 0 Å². The van der Waals surface area contributed by atoms with Crippen molar-refractivity contribution in [3.8, 4) is 5.75 Å². The highest BCUT2D eigenvalue weighted by atomic mass is 19.4. The number of methoxy groups -OCH3 is 1. The Morgan fingerprint density at radius 2 is 1.86 bits per heavy atom. The van der Waals surface area contributed by atoms with Crippen molar-refractivity contribution in [1.29, 1.82) is 0 Å². The maximum Gasteiger partial charge on any atom is 0.416 e. The van der Waals surface area contributed by atoms with Crippen molar-refractivity contribution in [2.24, 2.45) is 5.84 Å². The lowest BCUT2D eigenvalue weighted by Gasteiger charge is -2.21. The summed E-state index contributed by atoms with van der Waals surface area (Å²) in [7, 11) is 1.51. The Labute approximate surface area is 119 Å². The van der Waals surface area contributed by atoms with E-state index in [1.807, 2.05) is 0 Å². The SMILES string of the molecule is COc1ccc(C(NN)c2cnccc2C(F)(F)F)cc1. The van der Waals surface area contributed by atoms with Gasteiger partial charge in [0.25, 0.3) is 0 Å². The van der Waals surface area contributed by atoms with Gasteiger partial charge in [-0.05, 0) is 23.8 Å². The van der Waals surface area contributed by atoms with Crippen LogP contribution in [0.5, 0.6) is 5.75 Å². The molecule has 0 spiro atoms. The number of hydrazine groups is 1. The lowest BCUT2D eigenvalue weighted by Crippen LogP contribution is -2.30. The van der Waals surface area contributed by atoms with Crippen molar-refractivity contribution in [1.82, 2.24) is 10.4 Å². The molecule has 0 aliphatic rings. The molecule has 1 unspecified atom stereocenters. The number of hydrogen-bond donors (Lipinski definition) is 2. The standard InChI is InChI=1S/C14H14F3N3O/c1-21-10-4-2-9(3-5-10)13(20-18)11-8-19-7-6-12(11)14(15,16)17/h2-8,13,20H,18H2,1H3. The van der Waals surface area contributed by atoms with Crippen LogP contribution in [-0.4, -0.2) is 12.1 Å². The summed E-state index contributed by atoms with van der Waals surface area (Å²) in [6.45, 7) is 0. The molecular weight excluding hydrogens is 283 g/mol. The molecule has 2 rings (SSSR count). The number of alkyl halides is 3. The van der Waals surface area contributed by atoms with E-state index >= 15 is 0 Å². The van der Waals surface area contributed by atoms with Crippen LogP contribution in [0.15, 0.2) is 42.7 Å². The Morgan fingerprint density at radius 3 is 2.38 bits per heavy atom. The van der Waals surface area contributed by atoms with Gasteiger partial charge >= 0.3 is 6.18 Å². The van der Waals surface area contributed by atoms with Gasteiger partial charge in [0, 0.05) is 18.0 Å². The fourth-order valence-corrected chi connectivity index (χ4v) is 2.06. The van der Waals surface area contributed by atoms with Crippen molar-refractivity contribution in [3.05, 3.63) is 59.4 Å². The predicted molar refractivity (Wildman–Crippen MR) is 71.4 cm³/mol. The Balaban J connectivity index is 2.46. The molecule has 112 valence electrons. The molecular formula is C14H14F3N3O. The number of nitrogens with zero attached hydrogens (tertiary/aromatic N) is 1. The number of nitrogens with two attached hydrogens (primary N) is 1. The minimum Gasteiger partial charge on any atom is -0.497 e. The van der Waals surface area contributed by atoms with Gasteiger partial charge in [-0.3, -0.25) is 10.8 Å². The average Bonchev–Trinajstić information content (AvgIpc) is 2.48. The van der Waals surface area contributed by atoms with E-state index in [4.69, 9.17) is 10.6 Å². The fourth-order valence-electron chi connectivity index (χ4n) is 2.06. The highest BCUT2D eigenvalue weighted by molar-refractivity contribution is 5.38. The number of rotatable bonds is 4. The van der Waals surface area contributed by atoms with Gasteiger partial charge in [-0.15, -0.1) is 0 Å². The smallest absolute Gasteiger partial charge is 0.416 e. The zero-order chi connectivity index (χ0) is 15.5. The number of halogens is 3. The summed E-state index contributed by atoms with van der Waals surface area (Å²) < 4.78 is 44.2. The van der Waals surface area contributed by atoms with Crippen LogP contribution in [0.3, 0.4) is 0 Å². The van der Waals surface area contributed by atoms with Crippen molar-refractivity contribution in [2.45, 2.75) is 12.2 Å². The van der Waals surface area contributed by atoms with Crippen LogP contribution >= 0.6 is 0 Å². The van der Waals surface area contributed by atoms with E-state index < -0.39 is 17.8 Å². The van der Waals surface area contributed by atoms with E-state index in [9.17, 15) is 13.2 Å². The van der Waals surface area contributed by atoms with Crippen molar-refractivity contribution >= 4 is 0 Å². The number of benzene rings is 1. The van der Waals surface area contributed by atoms with Gasteiger partial charge in [0.2, 0.25) is 0 Å². The van der Waals surface area contributed by atoms with Crippen molar-refractivity contribution in [2.75, 3.05) is 7.11 Å². The normalized spacial score (nSPS) is 13.0. The third-order valence-corrected chi connectivity index (χ3v) is 3.08. The molecule has 0 radical (unpaired) electrons. The molecule has 0 aliphatic heterocycles. The highest BCUT2D eigenvalue weighted by Crippen LogP contribution is 2.36. The van der Waals surface area contributed by atoms with Gasteiger partial charge in [-0.1, -0.05) is 12.1 Å². The third kappa shape index (κ3) is 3.32. The molecule has 0 amide bonds. The van der Waals surface area contributed by atoms with E-state index in [2.05, 4.69) is 10.4 Å². The summed E-state index contributed by atoms with van der Waals surface area (Å²) in [6, 6.07) is 6.73. The molecule has 3 N–H and O–H groups in total. The predicted octanol–water partition coefficient (Wildman–Crippen LogP) is 2.66. The molecule has 4 nitrogen and oxygen atoms in total.